The number of fused-ring (bicyclic) bond motifs is 4. The lowest BCUT2D eigenvalue weighted by molar-refractivity contribution is -0.141. The van der Waals surface area contributed by atoms with E-state index in [2.05, 4.69) is 4.98 Å². The van der Waals surface area contributed by atoms with Crippen LogP contribution >= 0.6 is 0 Å². The van der Waals surface area contributed by atoms with Crippen LogP contribution in [-0.2, 0) is 32.4 Å². The molecule has 9 heteroatoms. The molecule has 3 fully saturated rings. The number of aromatic nitrogens is 2. The average molecular weight is 531 g/mol. The van der Waals surface area contributed by atoms with E-state index in [1.807, 2.05) is 0 Å². The minimum absolute atomic E-state index is 0.125. The molecule has 6 nitrogen and oxygen atoms in total. The fourth-order valence-electron chi connectivity index (χ4n) is 7.59. The summed E-state index contributed by atoms with van der Waals surface area (Å²) in [5.74, 6) is 0.169. The molecule has 1 saturated carbocycles. The van der Waals surface area contributed by atoms with Crippen LogP contribution in [0.4, 0.5) is 13.2 Å². The van der Waals surface area contributed by atoms with Gasteiger partial charge in [0.2, 0.25) is 0 Å². The standard InChI is InChI=1S/C29H33F3N2O4/c30-29(31,32)21-3-2-18(16-33-21)26-23-24(28(38-26)8-12-37-13-9-28)22-19(14-27(6-1-7-27)15-20(22)35)34-25(23)17-4-10-36-11-5-17/h2-3,16-17,20,26,35H,1,4-15H2/t20-,26+/m0/s1. The minimum atomic E-state index is -4.51. The third-order valence-electron chi connectivity index (χ3n) is 9.65. The quantitative estimate of drug-likeness (QED) is 0.540. The third-order valence-corrected chi connectivity index (χ3v) is 9.65. The highest BCUT2D eigenvalue weighted by Crippen LogP contribution is 2.60. The van der Waals surface area contributed by atoms with E-state index in [9.17, 15) is 18.3 Å². The molecule has 2 atom stereocenters. The zero-order valence-electron chi connectivity index (χ0n) is 21.4. The first kappa shape index (κ1) is 24.9. The van der Waals surface area contributed by atoms with Gasteiger partial charge in [-0.25, -0.2) is 0 Å². The van der Waals surface area contributed by atoms with Crippen molar-refractivity contribution in [1.82, 2.24) is 9.97 Å². The molecule has 3 aliphatic heterocycles. The summed E-state index contributed by atoms with van der Waals surface area (Å²) in [6, 6.07) is 2.51. The van der Waals surface area contributed by atoms with Crippen molar-refractivity contribution >= 4 is 0 Å². The molecule has 2 spiro atoms. The van der Waals surface area contributed by atoms with Crippen LogP contribution in [0, 0.1) is 5.41 Å². The second-order valence-corrected chi connectivity index (χ2v) is 11.9. The minimum Gasteiger partial charge on any atom is -0.388 e. The Bertz CT molecular complexity index is 1220. The maximum Gasteiger partial charge on any atom is 0.433 e. The molecule has 5 heterocycles. The van der Waals surface area contributed by atoms with Gasteiger partial charge in [-0.1, -0.05) is 12.5 Å². The Morgan fingerprint density at radius 1 is 0.947 bits per heavy atom. The second-order valence-electron chi connectivity index (χ2n) is 11.9. The highest BCUT2D eigenvalue weighted by molar-refractivity contribution is 5.54. The Balaban J connectivity index is 1.43. The molecule has 0 unspecified atom stereocenters. The van der Waals surface area contributed by atoms with E-state index >= 15 is 0 Å². The molecule has 0 amide bonds. The molecule has 2 aliphatic carbocycles. The molecule has 2 aromatic heterocycles. The van der Waals surface area contributed by atoms with Crippen molar-refractivity contribution in [1.29, 1.82) is 0 Å². The lowest BCUT2D eigenvalue weighted by Gasteiger charge is -2.48. The fourth-order valence-corrected chi connectivity index (χ4v) is 7.59. The zero-order chi connectivity index (χ0) is 26.1. The molecule has 0 radical (unpaired) electrons. The molecule has 7 rings (SSSR count). The van der Waals surface area contributed by atoms with Crippen LogP contribution in [0.2, 0.25) is 0 Å². The average Bonchev–Trinajstić information content (AvgIpc) is 3.21. The van der Waals surface area contributed by atoms with Crippen molar-refractivity contribution in [2.75, 3.05) is 26.4 Å². The predicted octanol–water partition coefficient (Wildman–Crippen LogP) is 5.66. The van der Waals surface area contributed by atoms with Gasteiger partial charge in [0.1, 0.15) is 11.8 Å². The number of alkyl halides is 3. The van der Waals surface area contributed by atoms with Crippen molar-refractivity contribution in [3.8, 4) is 0 Å². The summed E-state index contributed by atoms with van der Waals surface area (Å²) < 4.78 is 58.2. The third kappa shape index (κ3) is 3.92. The number of aliphatic hydroxyl groups is 1. The van der Waals surface area contributed by atoms with E-state index in [0.717, 1.165) is 72.7 Å². The SMILES string of the molecule is O[C@H]1CC2(CCC2)Cc2nc(C3CCOCC3)c3c(c21)C1(CCOCC1)O[C@@H]3c1ccc(C(F)(F)F)nc1. The number of aliphatic hydroxyl groups excluding tert-OH is 1. The summed E-state index contributed by atoms with van der Waals surface area (Å²) in [6.45, 7) is 2.36. The van der Waals surface area contributed by atoms with Crippen molar-refractivity contribution in [3.05, 3.63) is 57.7 Å². The molecule has 1 N–H and O–H groups in total. The van der Waals surface area contributed by atoms with E-state index < -0.39 is 29.7 Å². The number of nitrogens with zero attached hydrogens (tertiary/aromatic N) is 2. The summed E-state index contributed by atoms with van der Waals surface area (Å²) in [5.41, 5.74) is 3.94. The predicted molar refractivity (Wildman–Crippen MR) is 130 cm³/mol. The van der Waals surface area contributed by atoms with Gasteiger partial charge in [-0.3, -0.25) is 9.97 Å². The molecule has 38 heavy (non-hydrogen) atoms. The van der Waals surface area contributed by atoms with Crippen molar-refractivity contribution in [3.63, 3.8) is 0 Å². The monoisotopic (exact) mass is 530 g/mol. The second kappa shape index (κ2) is 8.98. The molecule has 2 aromatic rings. The highest BCUT2D eigenvalue weighted by atomic mass is 19.4. The van der Waals surface area contributed by atoms with Gasteiger partial charge < -0.3 is 19.3 Å². The van der Waals surface area contributed by atoms with Crippen LogP contribution in [0.5, 0.6) is 0 Å². The molecule has 5 aliphatic rings. The number of pyridine rings is 2. The van der Waals surface area contributed by atoms with Crippen LogP contribution in [0.25, 0.3) is 0 Å². The summed E-state index contributed by atoms with van der Waals surface area (Å²) in [7, 11) is 0. The van der Waals surface area contributed by atoms with Gasteiger partial charge in [0.15, 0.2) is 0 Å². The van der Waals surface area contributed by atoms with E-state index in [1.165, 1.54) is 18.7 Å². The number of rotatable bonds is 2. The van der Waals surface area contributed by atoms with Crippen LogP contribution in [0.1, 0.15) is 109 Å². The lowest BCUT2D eigenvalue weighted by atomic mass is 9.58. The van der Waals surface area contributed by atoms with Gasteiger partial charge >= 0.3 is 6.18 Å². The number of ether oxygens (including phenoxy) is 3. The molecule has 0 aromatic carbocycles. The largest absolute Gasteiger partial charge is 0.433 e. The first-order valence-electron chi connectivity index (χ1n) is 13.9. The molecular weight excluding hydrogens is 497 g/mol. The van der Waals surface area contributed by atoms with Crippen molar-refractivity contribution in [2.45, 2.75) is 87.7 Å². The fraction of sp³-hybridized carbons (Fsp3) is 0.655. The van der Waals surface area contributed by atoms with Gasteiger partial charge in [-0.2, -0.15) is 13.2 Å². The van der Waals surface area contributed by atoms with Gasteiger partial charge in [0, 0.05) is 73.8 Å². The van der Waals surface area contributed by atoms with Crippen LogP contribution in [0.3, 0.4) is 0 Å². The smallest absolute Gasteiger partial charge is 0.388 e. The molecular formula is C29H33F3N2O4. The Morgan fingerprint density at radius 2 is 1.68 bits per heavy atom. The normalized spacial score (nSPS) is 28.2. The molecule has 0 bridgehead atoms. The van der Waals surface area contributed by atoms with Crippen LogP contribution in [-0.4, -0.2) is 41.5 Å². The maximum atomic E-state index is 13.3. The van der Waals surface area contributed by atoms with E-state index in [1.54, 1.807) is 0 Å². The molecule has 2 saturated heterocycles. The van der Waals surface area contributed by atoms with Crippen molar-refractivity contribution < 1.29 is 32.5 Å². The Hall–Kier alpha value is -2.07. The first-order chi connectivity index (χ1) is 18.3. The van der Waals surface area contributed by atoms with Crippen LogP contribution < -0.4 is 0 Å². The van der Waals surface area contributed by atoms with Gasteiger partial charge in [0.25, 0.3) is 0 Å². The topological polar surface area (TPSA) is 73.7 Å². The number of hydrogen-bond donors (Lipinski definition) is 1. The van der Waals surface area contributed by atoms with Gasteiger partial charge in [-0.05, 0) is 55.6 Å². The summed E-state index contributed by atoms with van der Waals surface area (Å²) >= 11 is 0. The van der Waals surface area contributed by atoms with Gasteiger partial charge in [0.05, 0.1) is 17.4 Å². The summed E-state index contributed by atoms with van der Waals surface area (Å²) in [5, 5.41) is 11.6. The number of hydrogen-bond acceptors (Lipinski definition) is 6. The Labute approximate surface area is 219 Å². The Kier molecular flexibility index (Phi) is 5.89. The summed E-state index contributed by atoms with van der Waals surface area (Å²) in [6.07, 6.45) is 3.50. The van der Waals surface area contributed by atoms with E-state index in [-0.39, 0.29) is 11.3 Å². The maximum absolute atomic E-state index is 13.3. The Morgan fingerprint density at radius 3 is 2.32 bits per heavy atom. The zero-order valence-corrected chi connectivity index (χ0v) is 21.4. The van der Waals surface area contributed by atoms with Crippen LogP contribution in [0.15, 0.2) is 18.3 Å². The highest BCUT2D eigenvalue weighted by Gasteiger charge is 2.54. The van der Waals surface area contributed by atoms with Crippen molar-refractivity contribution in [2.24, 2.45) is 5.41 Å². The van der Waals surface area contributed by atoms with E-state index in [0.29, 0.717) is 44.8 Å². The molecule has 204 valence electrons. The number of halogens is 3. The first-order valence-corrected chi connectivity index (χ1v) is 13.9. The van der Waals surface area contributed by atoms with Gasteiger partial charge in [-0.15, -0.1) is 0 Å². The lowest BCUT2D eigenvalue weighted by Crippen LogP contribution is -2.41. The van der Waals surface area contributed by atoms with E-state index in [4.69, 9.17) is 19.2 Å². The summed E-state index contributed by atoms with van der Waals surface area (Å²) in [4.78, 5) is 9.08.